The molecule has 1 aliphatic rings. The van der Waals surface area contributed by atoms with E-state index in [0.29, 0.717) is 18.7 Å². The molecule has 1 atom stereocenters. The van der Waals surface area contributed by atoms with Gasteiger partial charge in [0, 0.05) is 34.4 Å². The third kappa shape index (κ3) is 4.10. The molecule has 2 rings (SSSR count). The first-order valence-corrected chi connectivity index (χ1v) is 9.12. The van der Waals surface area contributed by atoms with Crippen LogP contribution >= 0.6 is 22.3 Å². The Hall–Kier alpha value is -0.820. The molecule has 1 aliphatic heterocycles. The number of hydrogen-bond acceptors (Lipinski definition) is 4. The van der Waals surface area contributed by atoms with Crippen LogP contribution in [0, 0.1) is 6.92 Å². The van der Waals surface area contributed by atoms with Gasteiger partial charge in [0.05, 0.1) is 11.0 Å². The van der Waals surface area contributed by atoms with Crippen molar-refractivity contribution in [1.82, 2.24) is 5.32 Å². The lowest BCUT2D eigenvalue weighted by Crippen LogP contribution is -2.31. The average Bonchev–Trinajstić information content (AvgIpc) is 2.90. The van der Waals surface area contributed by atoms with Gasteiger partial charge in [0.25, 0.3) is 15.0 Å². The van der Waals surface area contributed by atoms with E-state index in [0.717, 1.165) is 12.8 Å². The van der Waals surface area contributed by atoms with Crippen LogP contribution in [-0.2, 0) is 13.8 Å². The Balaban J connectivity index is 2.19. The Kier molecular flexibility index (Phi) is 5.14. The summed E-state index contributed by atoms with van der Waals surface area (Å²) >= 11 is 5.97. The number of benzene rings is 1. The van der Waals surface area contributed by atoms with E-state index < -0.39 is 15.0 Å². The minimum Gasteiger partial charge on any atom is -0.376 e. The molecule has 1 N–H and O–H groups in total. The van der Waals surface area contributed by atoms with E-state index in [1.54, 1.807) is 0 Å². The standard InChI is InChI=1S/C13H15Cl2NO4S/c1-8-11(14)5-9(6-12(8)21(15,18)19)13(17)16-7-10-3-2-4-20-10/h5-6,10H,2-4,7H2,1H3,(H,16,17). The first-order valence-electron chi connectivity index (χ1n) is 6.43. The monoisotopic (exact) mass is 351 g/mol. The number of hydrogen-bond donors (Lipinski definition) is 1. The smallest absolute Gasteiger partial charge is 0.261 e. The lowest BCUT2D eigenvalue weighted by atomic mass is 10.1. The fourth-order valence-electron chi connectivity index (χ4n) is 2.15. The molecule has 0 aromatic heterocycles. The van der Waals surface area contributed by atoms with Gasteiger partial charge in [0.2, 0.25) is 0 Å². The molecule has 0 radical (unpaired) electrons. The Morgan fingerprint density at radius 2 is 2.19 bits per heavy atom. The lowest BCUT2D eigenvalue weighted by molar-refractivity contribution is 0.0857. The highest BCUT2D eigenvalue weighted by Crippen LogP contribution is 2.27. The van der Waals surface area contributed by atoms with Crippen LogP contribution in [0.1, 0.15) is 28.8 Å². The Labute approximate surface area is 133 Å². The van der Waals surface area contributed by atoms with Crippen molar-refractivity contribution in [2.75, 3.05) is 13.2 Å². The largest absolute Gasteiger partial charge is 0.376 e. The molecule has 1 heterocycles. The van der Waals surface area contributed by atoms with Gasteiger partial charge in [-0.05, 0) is 37.5 Å². The summed E-state index contributed by atoms with van der Waals surface area (Å²) in [5.41, 5.74) is 0.477. The molecule has 1 amide bonds. The number of halogens is 2. The van der Waals surface area contributed by atoms with Gasteiger partial charge in [0.1, 0.15) is 0 Å². The summed E-state index contributed by atoms with van der Waals surface area (Å²) in [6.07, 6.45) is 1.88. The van der Waals surface area contributed by atoms with Gasteiger partial charge in [-0.3, -0.25) is 4.79 Å². The number of rotatable bonds is 4. The van der Waals surface area contributed by atoms with Gasteiger partial charge < -0.3 is 10.1 Å². The normalized spacial score (nSPS) is 18.7. The first kappa shape index (κ1) is 16.5. The molecule has 1 unspecified atom stereocenters. The van der Waals surface area contributed by atoms with Crippen LogP contribution in [0.4, 0.5) is 0 Å². The maximum absolute atomic E-state index is 12.1. The van der Waals surface area contributed by atoms with Crippen molar-refractivity contribution in [2.45, 2.75) is 30.8 Å². The number of ether oxygens (including phenoxy) is 1. The highest BCUT2D eigenvalue weighted by molar-refractivity contribution is 8.13. The van der Waals surface area contributed by atoms with E-state index in [1.165, 1.54) is 19.1 Å². The zero-order valence-electron chi connectivity index (χ0n) is 11.4. The van der Waals surface area contributed by atoms with Gasteiger partial charge >= 0.3 is 0 Å². The number of carbonyl (C=O) groups excluding carboxylic acids is 1. The predicted molar refractivity (Wildman–Crippen MR) is 80.5 cm³/mol. The second kappa shape index (κ2) is 6.52. The molecule has 8 heteroatoms. The summed E-state index contributed by atoms with van der Waals surface area (Å²) in [6, 6.07) is 2.65. The van der Waals surface area contributed by atoms with E-state index in [2.05, 4.69) is 5.32 Å². The molecular weight excluding hydrogens is 337 g/mol. The van der Waals surface area contributed by atoms with Crippen molar-refractivity contribution < 1.29 is 17.9 Å². The summed E-state index contributed by atoms with van der Waals surface area (Å²) in [7, 11) is 1.40. The first-order chi connectivity index (χ1) is 9.79. The van der Waals surface area contributed by atoms with Crippen molar-refractivity contribution in [1.29, 1.82) is 0 Å². The molecule has 21 heavy (non-hydrogen) atoms. The van der Waals surface area contributed by atoms with Crippen molar-refractivity contribution in [3.8, 4) is 0 Å². The SMILES string of the molecule is Cc1c(Cl)cc(C(=O)NCC2CCCO2)cc1S(=O)(=O)Cl. The highest BCUT2D eigenvalue weighted by atomic mass is 35.7. The van der Waals surface area contributed by atoms with Crippen molar-refractivity contribution in [3.63, 3.8) is 0 Å². The lowest BCUT2D eigenvalue weighted by Gasteiger charge is -2.12. The molecule has 1 aromatic carbocycles. The van der Waals surface area contributed by atoms with E-state index >= 15 is 0 Å². The Bertz CT molecular complexity index is 654. The summed E-state index contributed by atoms with van der Waals surface area (Å²) in [5, 5.41) is 2.89. The van der Waals surface area contributed by atoms with E-state index in [9.17, 15) is 13.2 Å². The zero-order valence-corrected chi connectivity index (χ0v) is 13.7. The van der Waals surface area contributed by atoms with Crippen molar-refractivity contribution in [3.05, 3.63) is 28.3 Å². The average molecular weight is 352 g/mol. The van der Waals surface area contributed by atoms with Gasteiger partial charge in [-0.1, -0.05) is 11.6 Å². The van der Waals surface area contributed by atoms with Crippen LogP contribution in [-0.4, -0.2) is 33.6 Å². The molecule has 1 saturated heterocycles. The summed E-state index contributed by atoms with van der Waals surface area (Å²) in [4.78, 5) is 11.9. The number of nitrogens with one attached hydrogen (secondary N) is 1. The van der Waals surface area contributed by atoms with E-state index in [4.69, 9.17) is 27.0 Å². The van der Waals surface area contributed by atoms with Crippen LogP contribution in [0.25, 0.3) is 0 Å². The molecular formula is C13H15Cl2NO4S. The minimum absolute atomic E-state index is 0.00565. The Morgan fingerprint density at radius 3 is 2.76 bits per heavy atom. The number of carbonyl (C=O) groups is 1. The maximum atomic E-state index is 12.1. The third-order valence-electron chi connectivity index (χ3n) is 3.34. The van der Waals surface area contributed by atoms with Crippen LogP contribution in [0.15, 0.2) is 17.0 Å². The molecule has 0 saturated carbocycles. The van der Waals surface area contributed by atoms with Crippen LogP contribution in [0.3, 0.4) is 0 Å². The van der Waals surface area contributed by atoms with Crippen molar-refractivity contribution in [2.24, 2.45) is 0 Å². The minimum atomic E-state index is -3.96. The fourth-order valence-corrected chi connectivity index (χ4v) is 3.65. The van der Waals surface area contributed by atoms with Gasteiger partial charge in [-0.15, -0.1) is 0 Å². The molecule has 1 fully saturated rings. The molecule has 116 valence electrons. The van der Waals surface area contributed by atoms with Crippen molar-refractivity contribution >= 4 is 37.2 Å². The van der Waals surface area contributed by atoms with E-state index in [-0.39, 0.29) is 21.6 Å². The fraction of sp³-hybridized carbons (Fsp3) is 0.462. The Morgan fingerprint density at radius 1 is 1.48 bits per heavy atom. The predicted octanol–water partition coefficient (Wildman–Crippen LogP) is 2.48. The van der Waals surface area contributed by atoms with Gasteiger partial charge in [0.15, 0.2) is 0 Å². The third-order valence-corrected chi connectivity index (χ3v) is 5.18. The quantitative estimate of drug-likeness (QED) is 0.845. The molecule has 5 nitrogen and oxygen atoms in total. The molecule has 0 aliphatic carbocycles. The molecule has 1 aromatic rings. The summed E-state index contributed by atoms with van der Waals surface area (Å²) in [6.45, 7) is 2.62. The van der Waals surface area contributed by atoms with Crippen LogP contribution in [0.5, 0.6) is 0 Å². The maximum Gasteiger partial charge on any atom is 0.261 e. The van der Waals surface area contributed by atoms with Gasteiger partial charge in [-0.25, -0.2) is 8.42 Å². The van der Waals surface area contributed by atoms with Gasteiger partial charge in [-0.2, -0.15) is 0 Å². The van der Waals surface area contributed by atoms with Crippen LogP contribution in [0.2, 0.25) is 5.02 Å². The van der Waals surface area contributed by atoms with E-state index in [1.807, 2.05) is 0 Å². The second-order valence-corrected chi connectivity index (χ2v) is 7.81. The molecule has 0 spiro atoms. The summed E-state index contributed by atoms with van der Waals surface area (Å²) < 4.78 is 28.4. The molecule has 0 bridgehead atoms. The van der Waals surface area contributed by atoms with Crippen LogP contribution < -0.4 is 5.32 Å². The highest BCUT2D eigenvalue weighted by Gasteiger charge is 2.21. The summed E-state index contributed by atoms with van der Waals surface area (Å²) in [5.74, 6) is -0.408. The topological polar surface area (TPSA) is 72.5 Å². The zero-order chi connectivity index (χ0) is 15.6. The second-order valence-electron chi connectivity index (χ2n) is 4.86. The number of amides is 1.